The van der Waals surface area contributed by atoms with Gasteiger partial charge < -0.3 is 19.5 Å². The number of halogens is 1. The minimum atomic E-state index is -0.506. The van der Waals surface area contributed by atoms with Crippen LogP contribution < -0.4 is 14.8 Å². The first-order valence-corrected chi connectivity index (χ1v) is 7.42. The molecule has 1 aromatic carbocycles. The molecule has 0 atom stereocenters. The van der Waals surface area contributed by atoms with E-state index in [0.717, 1.165) is 0 Å². The first-order chi connectivity index (χ1) is 10.6. The number of thiophene rings is 1. The van der Waals surface area contributed by atoms with Crippen LogP contribution in [-0.4, -0.2) is 25.8 Å². The summed E-state index contributed by atoms with van der Waals surface area (Å²) < 4.78 is 15.1. The van der Waals surface area contributed by atoms with Crippen LogP contribution in [-0.2, 0) is 4.74 Å². The van der Waals surface area contributed by atoms with E-state index in [1.165, 1.54) is 30.6 Å². The molecule has 8 heteroatoms. The third kappa shape index (κ3) is 2.60. The second-order valence-electron chi connectivity index (χ2n) is 4.30. The first kappa shape index (κ1) is 14.7. The predicted octanol–water partition coefficient (Wildman–Crippen LogP) is 3.17. The van der Waals surface area contributed by atoms with Crippen LogP contribution in [0.3, 0.4) is 0 Å². The molecule has 0 saturated heterocycles. The van der Waals surface area contributed by atoms with E-state index < -0.39 is 11.9 Å². The Morgan fingerprint density at radius 1 is 1.36 bits per heavy atom. The van der Waals surface area contributed by atoms with Crippen LogP contribution in [0.25, 0.3) is 0 Å². The zero-order valence-corrected chi connectivity index (χ0v) is 12.9. The number of carbonyl (C=O) groups is 2. The van der Waals surface area contributed by atoms with Gasteiger partial charge in [-0.3, -0.25) is 4.79 Å². The number of esters is 1. The fourth-order valence-corrected chi connectivity index (χ4v) is 2.98. The Bertz CT molecular complexity index is 758. The predicted molar refractivity (Wildman–Crippen MR) is 81.2 cm³/mol. The van der Waals surface area contributed by atoms with Gasteiger partial charge in [-0.1, -0.05) is 11.6 Å². The average Bonchev–Trinajstić information content (AvgIpc) is 3.15. The minimum absolute atomic E-state index is 0.0666. The normalized spacial score (nSPS) is 12.1. The Labute approximate surface area is 134 Å². The summed E-state index contributed by atoms with van der Waals surface area (Å²) in [7, 11) is 1.28. The third-order valence-corrected chi connectivity index (χ3v) is 4.15. The van der Waals surface area contributed by atoms with Gasteiger partial charge in [-0.15, -0.1) is 11.3 Å². The molecule has 6 nitrogen and oxygen atoms in total. The number of benzene rings is 1. The van der Waals surface area contributed by atoms with E-state index in [4.69, 9.17) is 21.1 Å². The molecule has 1 amide bonds. The molecule has 2 heterocycles. The number of methoxy groups -OCH3 is 1. The van der Waals surface area contributed by atoms with E-state index >= 15 is 0 Å². The van der Waals surface area contributed by atoms with Crippen molar-refractivity contribution in [2.75, 3.05) is 19.2 Å². The lowest BCUT2D eigenvalue weighted by molar-refractivity contribution is 0.0607. The van der Waals surface area contributed by atoms with E-state index in [9.17, 15) is 9.59 Å². The Hall–Kier alpha value is -2.25. The number of carbonyl (C=O) groups excluding carboxylic acids is 2. The van der Waals surface area contributed by atoms with Crippen molar-refractivity contribution in [1.82, 2.24) is 0 Å². The fraction of sp³-hybridized carbons (Fsp3) is 0.143. The largest absolute Gasteiger partial charge is 0.465 e. The van der Waals surface area contributed by atoms with Crippen molar-refractivity contribution in [2.45, 2.75) is 0 Å². The maximum absolute atomic E-state index is 12.3. The van der Waals surface area contributed by atoms with Crippen LogP contribution in [0.2, 0.25) is 5.02 Å². The number of amides is 1. The molecule has 114 valence electrons. The lowest BCUT2D eigenvalue weighted by atomic mass is 10.2. The summed E-state index contributed by atoms with van der Waals surface area (Å²) in [5.74, 6) is -0.0852. The molecule has 0 bridgehead atoms. The number of hydrogen-bond acceptors (Lipinski definition) is 6. The second kappa shape index (κ2) is 5.86. The van der Waals surface area contributed by atoms with Gasteiger partial charge in [0.25, 0.3) is 5.91 Å². The summed E-state index contributed by atoms with van der Waals surface area (Å²) >= 11 is 7.23. The van der Waals surface area contributed by atoms with E-state index in [1.807, 2.05) is 0 Å². The molecule has 1 aromatic heterocycles. The molecule has 0 fully saturated rings. The van der Waals surface area contributed by atoms with Gasteiger partial charge in [0.1, 0.15) is 4.88 Å². The Morgan fingerprint density at radius 2 is 2.18 bits per heavy atom. The molecule has 0 aliphatic carbocycles. The molecule has 1 aliphatic rings. The highest BCUT2D eigenvalue weighted by atomic mass is 35.5. The highest BCUT2D eigenvalue weighted by molar-refractivity contribution is 7.12. The smallest absolute Gasteiger partial charge is 0.350 e. The molecule has 2 aromatic rings. The van der Waals surface area contributed by atoms with E-state index in [0.29, 0.717) is 32.6 Å². The van der Waals surface area contributed by atoms with Gasteiger partial charge in [-0.05, 0) is 23.6 Å². The minimum Gasteiger partial charge on any atom is -0.465 e. The fourth-order valence-electron chi connectivity index (χ4n) is 1.95. The van der Waals surface area contributed by atoms with Crippen LogP contribution in [0.4, 0.5) is 5.69 Å². The number of nitrogens with one attached hydrogen (secondary N) is 1. The molecule has 1 aliphatic heterocycles. The van der Waals surface area contributed by atoms with Gasteiger partial charge in [-0.2, -0.15) is 0 Å². The summed E-state index contributed by atoms with van der Waals surface area (Å²) in [6.07, 6.45) is 0. The number of fused-ring (bicyclic) bond motifs is 1. The zero-order valence-electron chi connectivity index (χ0n) is 11.3. The quantitative estimate of drug-likeness (QED) is 0.869. The maximum Gasteiger partial charge on any atom is 0.350 e. The number of rotatable bonds is 3. The van der Waals surface area contributed by atoms with Crippen LogP contribution in [0.5, 0.6) is 11.5 Å². The van der Waals surface area contributed by atoms with Crippen LogP contribution >= 0.6 is 22.9 Å². The van der Waals surface area contributed by atoms with Crippen molar-refractivity contribution >= 4 is 40.5 Å². The van der Waals surface area contributed by atoms with E-state index in [2.05, 4.69) is 10.1 Å². The summed E-state index contributed by atoms with van der Waals surface area (Å²) in [6, 6.07) is 4.64. The topological polar surface area (TPSA) is 73.9 Å². The van der Waals surface area contributed by atoms with Gasteiger partial charge in [0.05, 0.1) is 17.8 Å². The Balaban J connectivity index is 1.85. The van der Waals surface area contributed by atoms with Crippen molar-refractivity contribution in [1.29, 1.82) is 0 Å². The van der Waals surface area contributed by atoms with E-state index in [-0.39, 0.29) is 6.79 Å². The van der Waals surface area contributed by atoms with Gasteiger partial charge in [0.15, 0.2) is 11.5 Å². The van der Waals surface area contributed by atoms with Gasteiger partial charge in [-0.25, -0.2) is 4.79 Å². The molecule has 0 radical (unpaired) electrons. The standard InChI is InChI=1S/C14H10ClNO5S/c1-19-14(18)12-9(2-3-22-12)16-13(17)7-4-8(15)11-10(5-7)20-6-21-11/h2-5H,6H2,1H3,(H,16,17). The Morgan fingerprint density at radius 3 is 2.95 bits per heavy atom. The van der Waals surface area contributed by atoms with Crippen LogP contribution in [0.15, 0.2) is 23.6 Å². The average molecular weight is 340 g/mol. The first-order valence-electron chi connectivity index (χ1n) is 6.16. The summed E-state index contributed by atoms with van der Waals surface area (Å²) in [6.45, 7) is 0.0666. The monoisotopic (exact) mass is 339 g/mol. The number of anilines is 1. The summed E-state index contributed by atoms with van der Waals surface area (Å²) in [4.78, 5) is 24.2. The third-order valence-electron chi connectivity index (χ3n) is 2.97. The molecule has 0 saturated carbocycles. The zero-order chi connectivity index (χ0) is 15.7. The van der Waals surface area contributed by atoms with Crippen molar-refractivity contribution in [3.8, 4) is 11.5 Å². The Kier molecular flexibility index (Phi) is 3.91. The second-order valence-corrected chi connectivity index (χ2v) is 5.62. The number of ether oxygens (including phenoxy) is 3. The van der Waals surface area contributed by atoms with Gasteiger partial charge in [0.2, 0.25) is 6.79 Å². The maximum atomic E-state index is 12.3. The van der Waals surface area contributed by atoms with E-state index in [1.54, 1.807) is 11.4 Å². The van der Waals surface area contributed by atoms with Gasteiger partial charge in [0, 0.05) is 5.56 Å². The van der Waals surface area contributed by atoms with Crippen LogP contribution in [0, 0.1) is 0 Å². The molecular weight excluding hydrogens is 330 g/mol. The molecule has 3 rings (SSSR count). The highest BCUT2D eigenvalue weighted by Gasteiger charge is 2.22. The van der Waals surface area contributed by atoms with Crippen LogP contribution in [0.1, 0.15) is 20.0 Å². The molecule has 22 heavy (non-hydrogen) atoms. The summed E-state index contributed by atoms with van der Waals surface area (Å²) in [5.41, 5.74) is 0.687. The molecule has 0 spiro atoms. The lowest BCUT2D eigenvalue weighted by Crippen LogP contribution is -2.14. The van der Waals surface area contributed by atoms with Crippen molar-refractivity contribution in [3.63, 3.8) is 0 Å². The molecule has 0 unspecified atom stereocenters. The SMILES string of the molecule is COC(=O)c1sccc1NC(=O)c1cc(Cl)c2c(c1)OCO2. The molecule has 1 N–H and O–H groups in total. The van der Waals surface area contributed by atoms with Crippen molar-refractivity contribution in [2.24, 2.45) is 0 Å². The summed E-state index contributed by atoms with van der Waals surface area (Å²) in [5, 5.41) is 4.64. The van der Waals surface area contributed by atoms with Crippen molar-refractivity contribution < 1.29 is 23.8 Å². The van der Waals surface area contributed by atoms with Crippen molar-refractivity contribution in [3.05, 3.63) is 39.0 Å². The number of hydrogen-bond donors (Lipinski definition) is 1. The highest BCUT2D eigenvalue weighted by Crippen LogP contribution is 2.40. The lowest BCUT2D eigenvalue weighted by Gasteiger charge is -2.07. The van der Waals surface area contributed by atoms with Gasteiger partial charge >= 0.3 is 5.97 Å². The molecular formula is C14H10ClNO5S.